The minimum absolute atomic E-state index is 0.0256. The van der Waals surface area contributed by atoms with E-state index in [4.69, 9.17) is 21.1 Å². The topological polar surface area (TPSA) is 117 Å². The van der Waals surface area contributed by atoms with Gasteiger partial charge < -0.3 is 14.4 Å². The Bertz CT molecular complexity index is 1250. The first kappa shape index (κ1) is 28.3. The standard InChI is InChI=1S/C27H30ClFN4O6/c1-4-27(24(35)30-26(37)31-25(27)36)39-22-11-19(28)7-10-21(22)38-15-23(34)33-13-16(2)32(12-17(33)3)14-18-5-8-20(29)9-6-18/h5-11,16-17H,4,12-15H2,1-3H3,(H2,30,31,35,36,37). The summed E-state index contributed by atoms with van der Waals surface area (Å²) >= 11 is 6.13. The number of urea groups is 1. The monoisotopic (exact) mass is 560 g/mol. The van der Waals surface area contributed by atoms with Crippen molar-refractivity contribution in [3.63, 3.8) is 0 Å². The summed E-state index contributed by atoms with van der Waals surface area (Å²) in [6.45, 7) is 6.96. The predicted octanol–water partition coefficient (Wildman–Crippen LogP) is 2.87. The van der Waals surface area contributed by atoms with Gasteiger partial charge in [0.05, 0.1) is 0 Å². The van der Waals surface area contributed by atoms with Gasteiger partial charge in [-0.15, -0.1) is 0 Å². The molecule has 208 valence electrons. The molecule has 4 rings (SSSR count). The predicted molar refractivity (Wildman–Crippen MR) is 140 cm³/mol. The van der Waals surface area contributed by atoms with Crippen LogP contribution in [0.4, 0.5) is 9.18 Å². The molecule has 0 radical (unpaired) electrons. The number of ether oxygens (including phenoxy) is 2. The van der Waals surface area contributed by atoms with Gasteiger partial charge in [-0.2, -0.15) is 0 Å². The lowest BCUT2D eigenvalue weighted by Gasteiger charge is -2.44. The van der Waals surface area contributed by atoms with E-state index in [1.165, 1.54) is 30.3 Å². The second-order valence-corrected chi connectivity index (χ2v) is 10.1. The molecule has 2 aliphatic heterocycles. The van der Waals surface area contributed by atoms with Crippen molar-refractivity contribution in [3.05, 3.63) is 58.9 Å². The number of benzene rings is 2. The number of barbiturate groups is 1. The summed E-state index contributed by atoms with van der Waals surface area (Å²) in [6, 6.07) is 9.77. The molecule has 2 N–H and O–H groups in total. The Kier molecular flexibility index (Phi) is 8.41. The third-order valence-electron chi connectivity index (χ3n) is 6.96. The summed E-state index contributed by atoms with van der Waals surface area (Å²) in [5, 5.41) is 4.33. The van der Waals surface area contributed by atoms with Crippen molar-refractivity contribution in [2.75, 3.05) is 19.7 Å². The molecular formula is C27H30ClFN4O6. The Morgan fingerprint density at radius 3 is 2.33 bits per heavy atom. The number of rotatable bonds is 8. The maximum absolute atomic E-state index is 13.3. The number of hydrogen-bond acceptors (Lipinski definition) is 7. The van der Waals surface area contributed by atoms with Crippen molar-refractivity contribution >= 4 is 35.4 Å². The van der Waals surface area contributed by atoms with E-state index < -0.39 is 23.4 Å². The van der Waals surface area contributed by atoms with Crippen LogP contribution in [-0.2, 0) is 20.9 Å². The zero-order valence-electron chi connectivity index (χ0n) is 21.8. The van der Waals surface area contributed by atoms with Crippen LogP contribution in [0.25, 0.3) is 0 Å². The average Bonchev–Trinajstić information content (AvgIpc) is 2.88. The summed E-state index contributed by atoms with van der Waals surface area (Å²) in [4.78, 5) is 53.9. The number of nitrogens with zero attached hydrogens (tertiary/aromatic N) is 2. The number of halogens is 2. The van der Waals surface area contributed by atoms with Gasteiger partial charge in [0.1, 0.15) is 5.82 Å². The van der Waals surface area contributed by atoms with Crippen molar-refractivity contribution in [1.82, 2.24) is 20.4 Å². The molecule has 39 heavy (non-hydrogen) atoms. The molecule has 2 atom stereocenters. The van der Waals surface area contributed by atoms with E-state index in [9.17, 15) is 23.6 Å². The fourth-order valence-electron chi connectivity index (χ4n) is 4.71. The molecule has 12 heteroatoms. The lowest BCUT2D eigenvalue weighted by atomic mass is 9.96. The van der Waals surface area contributed by atoms with E-state index in [-0.39, 0.29) is 53.4 Å². The molecule has 0 aliphatic carbocycles. The molecule has 0 spiro atoms. The second kappa shape index (κ2) is 11.6. The highest BCUT2D eigenvalue weighted by atomic mass is 35.5. The van der Waals surface area contributed by atoms with Gasteiger partial charge in [-0.05, 0) is 43.7 Å². The highest BCUT2D eigenvalue weighted by Gasteiger charge is 2.52. The molecule has 10 nitrogen and oxygen atoms in total. The normalized spacial score (nSPS) is 21.3. The van der Waals surface area contributed by atoms with E-state index in [0.717, 1.165) is 5.56 Å². The van der Waals surface area contributed by atoms with Gasteiger partial charge in [-0.25, -0.2) is 9.18 Å². The van der Waals surface area contributed by atoms with Gasteiger partial charge in [0, 0.05) is 49.2 Å². The second-order valence-electron chi connectivity index (χ2n) is 9.70. The largest absolute Gasteiger partial charge is 0.480 e. The molecule has 2 unspecified atom stereocenters. The number of amides is 5. The molecule has 0 aromatic heterocycles. The van der Waals surface area contributed by atoms with Crippen LogP contribution >= 0.6 is 11.6 Å². The van der Waals surface area contributed by atoms with Gasteiger partial charge in [0.2, 0.25) is 0 Å². The van der Waals surface area contributed by atoms with Gasteiger partial charge >= 0.3 is 6.03 Å². The minimum atomic E-state index is -2.02. The Hall–Kier alpha value is -3.70. The van der Waals surface area contributed by atoms with Crippen molar-refractivity contribution in [3.8, 4) is 11.5 Å². The highest BCUT2D eigenvalue weighted by Crippen LogP contribution is 2.35. The third-order valence-corrected chi connectivity index (χ3v) is 7.20. The first-order valence-corrected chi connectivity index (χ1v) is 13.0. The highest BCUT2D eigenvalue weighted by molar-refractivity contribution is 6.30. The number of carbonyl (C=O) groups excluding carboxylic acids is 4. The van der Waals surface area contributed by atoms with Gasteiger partial charge in [-0.3, -0.25) is 29.9 Å². The minimum Gasteiger partial charge on any atom is -0.480 e. The molecule has 2 aliphatic rings. The van der Waals surface area contributed by atoms with Crippen LogP contribution in [-0.4, -0.2) is 70.9 Å². The lowest BCUT2D eigenvalue weighted by Crippen LogP contribution is -2.68. The number of piperazine rings is 1. The zero-order chi connectivity index (χ0) is 28.3. The van der Waals surface area contributed by atoms with Crippen molar-refractivity contribution in [2.45, 2.75) is 51.4 Å². The summed E-state index contributed by atoms with van der Waals surface area (Å²) in [5.41, 5.74) is -1.03. The van der Waals surface area contributed by atoms with Crippen LogP contribution in [0.1, 0.15) is 32.8 Å². The van der Waals surface area contributed by atoms with Crippen molar-refractivity contribution < 1.29 is 33.0 Å². The quantitative estimate of drug-likeness (QED) is 0.477. The van der Waals surface area contributed by atoms with Crippen molar-refractivity contribution in [1.29, 1.82) is 0 Å². The summed E-state index contributed by atoms with van der Waals surface area (Å²) in [7, 11) is 0. The molecule has 2 heterocycles. The van der Waals surface area contributed by atoms with Gasteiger partial charge in [-0.1, -0.05) is 30.7 Å². The van der Waals surface area contributed by atoms with Gasteiger partial charge in [0.25, 0.3) is 23.3 Å². The number of nitrogens with one attached hydrogen (secondary N) is 2. The fourth-order valence-corrected chi connectivity index (χ4v) is 4.87. The molecule has 0 saturated carbocycles. The molecule has 2 saturated heterocycles. The number of imide groups is 2. The van der Waals surface area contributed by atoms with Crippen LogP contribution < -0.4 is 20.1 Å². The summed E-state index contributed by atoms with van der Waals surface area (Å²) < 4.78 is 24.9. The van der Waals surface area contributed by atoms with E-state index in [1.807, 2.05) is 24.5 Å². The van der Waals surface area contributed by atoms with Crippen LogP contribution in [0, 0.1) is 5.82 Å². The first-order chi connectivity index (χ1) is 18.5. The maximum atomic E-state index is 13.3. The smallest absolute Gasteiger partial charge is 0.328 e. The summed E-state index contributed by atoms with van der Waals surface area (Å²) in [6.07, 6.45) is -0.0829. The third kappa shape index (κ3) is 6.15. The number of hydrogen-bond donors (Lipinski definition) is 2. The molecule has 2 aromatic rings. The van der Waals surface area contributed by atoms with Crippen LogP contribution in [0.3, 0.4) is 0 Å². The molecule has 0 bridgehead atoms. The molecule has 5 amide bonds. The zero-order valence-corrected chi connectivity index (χ0v) is 22.6. The molecule has 2 fully saturated rings. The Balaban J connectivity index is 1.42. The SMILES string of the molecule is CCC1(Oc2cc(Cl)ccc2OCC(=O)N2CC(C)N(Cc3ccc(F)cc3)CC2C)C(=O)NC(=O)NC1=O. The van der Waals surface area contributed by atoms with Crippen molar-refractivity contribution in [2.24, 2.45) is 0 Å². The maximum Gasteiger partial charge on any atom is 0.328 e. The van der Waals surface area contributed by atoms with Gasteiger partial charge in [0.15, 0.2) is 18.1 Å². The lowest BCUT2D eigenvalue weighted by molar-refractivity contribution is -0.152. The first-order valence-electron chi connectivity index (χ1n) is 12.6. The van der Waals surface area contributed by atoms with E-state index in [0.29, 0.717) is 19.6 Å². The Morgan fingerprint density at radius 2 is 1.69 bits per heavy atom. The fraction of sp³-hybridized carbons (Fsp3) is 0.407. The van der Waals surface area contributed by atoms with Crippen LogP contribution in [0.5, 0.6) is 11.5 Å². The Labute approximate surface area is 230 Å². The van der Waals surface area contributed by atoms with E-state index in [2.05, 4.69) is 4.90 Å². The van der Waals surface area contributed by atoms with E-state index >= 15 is 0 Å². The Morgan fingerprint density at radius 1 is 1.03 bits per heavy atom. The molecular weight excluding hydrogens is 531 g/mol. The van der Waals surface area contributed by atoms with Crippen LogP contribution in [0.15, 0.2) is 42.5 Å². The van der Waals surface area contributed by atoms with E-state index in [1.54, 1.807) is 24.0 Å². The molecule has 2 aromatic carbocycles. The summed E-state index contributed by atoms with van der Waals surface area (Å²) in [5.74, 6) is -2.28. The number of carbonyl (C=O) groups is 4. The average molecular weight is 561 g/mol. The van der Waals surface area contributed by atoms with Crippen LogP contribution in [0.2, 0.25) is 5.02 Å².